The van der Waals surface area contributed by atoms with Crippen LogP contribution in [0.5, 0.6) is 0 Å². The average molecular weight is 375 g/mol. The summed E-state index contributed by atoms with van der Waals surface area (Å²) < 4.78 is 1.14. The fourth-order valence-corrected chi connectivity index (χ4v) is 4.25. The molecular formula is C19H26N4O2S. The second-order valence-electron chi connectivity index (χ2n) is 6.96. The zero-order valence-electron chi connectivity index (χ0n) is 15.3. The summed E-state index contributed by atoms with van der Waals surface area (Å²) in [5.41, 5.74) is 0.977. The first-order chi connectivity index (χ1) is 12.5. The SMILES string of the molecule is C[C@H](C(=O)NC(=O)NC1CCCCC1)N(C)Cc1nc2ccccc2s1. The lowest BCUT2D eigenvalue weighted by atomic mass is 9.96. The standard InChI is InChI=1S/C19H26N4O2S/c1-13(18(24)22-19(25)20-14-8-4-3-5-9-14)23(2)12-17-21-15-10-6-7-11-16(15)26-17/h6-7,10-11,13-14H,3-5,8-9,12H2,1-2H3,(H2,20,22,24,25)/t13-/m1/s1. The summed E-state index contributed by atoms with van der Waals surface area (Å²) in [7, 11) is 1.87. The first-order valence-electron chi connectivity index (χ1n) is 9.19. The van der Waals surface area contributed by atoms with E-state index in [1.54, 1.807) is 18.3 Å². The number of carbonyl (C=O) groups excluding carboxylic acids is 2. The molecule has 3 rings (SSSR count). The van der Waals surface area contributed by atoms with Crippen LogP contribution in [0.2, 0.25) is 0 Å². The summed E-state index contributed by atoms with van der Waals surface area (Å²) in [6.07, 6.45) is 5.50. The molecule has 2 N–H and O–H groups in total. The summed E-state index contributed by atoms with van der Waals surface area (Å²) in [6, 6.07) is 7.38. The normalized spacial score (nSPS) is 16.6. The number of likely N-dealkylation sites (N-methyl/N-ethyl adjacent to an activating group) is 1. The van der Waals surface area contributed by atoms with E-state index in [9.17, 15) is 9.59 Å². The lowest BCUT2D eigenvalue weighted by Gasteiger charge is -2.25. The van der Waals surface area contributed by atoms with E-state index >= 15 is 0 Å². The minimum absolute atomic E-state index is 0.187. The van der Waals surface area contributed by atoms with Crippen molar-refractivity contribution in [1.29, 1.82) is 0 Å². The molecule has 0 radical (unpaired) electrons. The van der Waals surface area contributed by atoms with Crippen LogP contribution in [0.4, 0.5) is 4.79 Å². The number of amides is 3. The predicted octanol–water partition coefficient (Wildman–Crippen LogP) is 3.28. The quantitative estimate of drug-likeness (QED) is 0.842. The van der Waals surface area contributed by atoms with Crippen LogP contribution in [0.15, 0.2) is 24.3 Å². The van der Waals surface area contributed by atoms with E-state index in [1.165, 1.54) is 6.42 Å². The van der Waals surface area contributed by atoms with Crippen molar-refractivity contribution in [2.24, 2.45) is 0 Å². The highest BCUT2D eigenvalue weighted by Crippen LogP contribution is 2.22. The fourth-order valence-electron chi connectivity index (χ4n) is 3.22. The number of urea groups is 1. The first kappa shape index (κ1) is 18.8. The van der Waals surface area contributed by atoms with Gasteiger partial charge in [0, 0.05) is 6.04 Å². The molecule has 1 saturated carbocycles. The predicted molar refractivity (Wildman–Crippen MR) is 104 cm³/mol. The summed E-state index contributed by atoms with van der Waals surface area (Å²) >= 11 is 1.63. The van der Waals surface area contributed by atoms with Gasteiger partial charge in [-0.05, 0) is 38.9 Å². The van der Waals surface area contributed by atoms with Gasteiger partial charge in [0.15, 0.2) is 0 Å². The van der Waals surface area contributed by atoms with Gasteiger partial charge in [-0.25, -0.2) is 9.78 Å². The van der Waals surface area contributed by atoms with E-state index in [0.29, 0.717) is 6.54 Å². The van der Waals surface area contributed by atoms with Crippen LogP contribution in [-0.4, -0.2) is 41.0 Å². The Balaban J connectivity index is 1.50. The molecule has 1 aliphatic rings. The monoisotopic (exact) mass is 374 g/mol. The molecular weight excluding hydrogens is 348 g/mol. The molecule has 26 heavy (non-hydrogen) atoms. The van der Waals surface area contributed by atoms with Gasteiger partial charge in [0.2, 0.25) is 5.91 Å². The Labute approximate surface area is 158 Å². The molecule has 1 fully saturated rings. The second kappa shape index (κ2) is 8.60. The van der Waals surface area contributed by atoms with Crippen molar-refractivity contribution < 1.29 is 9.59 Å². The number of hydrogen-bond acceptors (Lipinski definition) is 5. The molecule has 1 atom stereocenters. The van der Waals surface area contributed by atoms with Crippen LogP contribution in [0, 0.1) is 0 Å². The van der Waals surface area contributed by atoms with Crippen LogP contribution >= 0.6 is 11.3 Å². The zero-order valence-corrected chi connectivity index (χ0v) is 16.1. The Kier molecular flexibility index (Phi) is 6.21. The lowest BCUT2D eigenvalue weighted by molar-refractivity contribution is -0.124. The highest BCUT2D eigenvalue weighted by molar-refractivity contribution is 7.18. The van der Waals surface area contributed by atoms with Crippen molar-refractivity contribution >= 4 is 33.5 Å². The third kappa shape index (κ3) is 4.80. The molecule has 0 aliphatic heterocycles. The highest BCUT2D eigenvalue weighted by atomic mass is 32.1. The van der Waals surface area contributed by atoms with Crippen LogP contribution < -0.4 is 10.6 Å². The molecule has 1 aliphatic carbocycles. The van der Waals surface area contributed by atoms with Gasteiger partial charge in [-0.1, -0.05) is 31.4 Å². The van der Waals surface area contributed by atoms with Gasteiger partial charge < -0.3 is 5.32 Å². The van der Waals surface area contributed by atoms with E-state index in [-0.39, 0.29) is 18.0 Å². The number of para-hydroxylation sites is 1. The largest absolute Gasteiger partial charge is 0.335 e. The molecule has 140 valence electrons. The Hall–Kier alpha value is -1.99. The van der Waals surface area contributed by atoms with Crippen LogP contribution in [-0.2, 0) is 11.3 Å². The smallest absolute Gasteiger partial charge is 0.321 e. The van der Waals surface area contributed by atoms with Gasteiger partial charge in [-0.2, -0.15) is 0 Å². The van der Waals surface area contributed by atoms with E-state index in [4.69, 9.17) is 0 Å². The molecule has 6 nitrogen and oxygen atoms in total. The number of aromatic nitrogens is 1. The summed E-state index contributed by atoms with van der Waals surface area (Å²) in [5, 5.41) is 6.34. The maximum atomic E-state index is 12.4. The number of fused-ring (bicyclic) bond motifs is 1. The molecule has 1 heterocycles. The molecule has 7 heteroatoms. The zero-order chi connectivity index (χ0) is 18.5. The number of nitrogens with one attached hydrogen (secondary N) is 2. The second-order valence-corrected chi connectivity index (χ2v) is 8.08. The number of benzene rings is 1. The number of thiazole rings is 1. The molecule has 1 aromatic carbocycles. The average Bonchev–Trinajstić information content (AvgIpc) is 3.03. The lowest BCUT2D eigenvalue weighted by Crippen LogP contribution is -2.50. The van der Waals surface area contributed by atoms with Crippen molar-refractivity contribution in [3.8, 4) is 0 Å². The summed E-state index contributed by atoms with van der Waals surface area (Å²) in [6.45, 7) is 2.37. The topological polar surface area (TPSA) is 74.3 Å². The molecule has 0 spiro atoms. The number of rotatable bonds is 5. The van der Waals surface area contributed by atoms with E-state index in [2.05, 4.69) is 15.6 Å². The van der Waals surface area contributed by atoms with E-state index in [0.717, 1.165) is 40.9 Å². The first-order valence-corrected chi connectivity index (χ1v) is 10.0. The number of carbonyl (C=O) groups is 2. The van der Waals surface area contributed by atoms with Gasteiger partial charge in [-0.15, -0.1) is 11.3 Å². The van der Waals surface area contributed by atoms with Gasteiger partial charge in [0.1, 0.15) is 5.01 Å². The molecule has 0 saturated heterocycles. The fraction of sp³-hybridized carbons (Fsp3) is 0.526. The summed E-state index contributed by atoms with van der Waals surface area (Å²) in [5.74, 6) is -0.290. The molecule has 2 aromatic rings. The third-order valence-electron chi connectivity index (χ3n) is 4.94. The Morgan fingerprint density at radius 2 is 2.00 bits per heavy atom. The number of nitrogens with zero attached hydrogens (tertiary/aromatic N) is 2. The van der Waals surface area contributed by atoms with Crippen molar-refractivity contribution in [2.45, 2.75) is 57.7 Å². The Morgan fingerprint density at radius 1 is 1.27 bits per heavy atom. The highest BCUT2D eigenvalue weighted by Gasteiger charge is 2.23. The van der Waals surface area contributed by atoms with Crippen LogP contribution in [0.1, 0.15) is 44.0 Å². The van der Waals surface area contributed by atoms with E-state index in [1.807, 2.05) is 36.2 Å². The minimum Gasteiger partial charge on any atom is -0.335 e. The van der Waals surface area contributed by atoms with Crippen molar-refractivity contribution in [2.75, 3.05) is 7.05 Å². The summed E-state index contributed by atoms with van der Waals surface area (Å²) in [4.78, 5) is 30.9. The molecule has 0 unspecified atom stereocenters. The van der Waals surface area contributed by atoms with Gasteiger partial charge in [0.05, 0.1) is 22.8 Å². The number of imide groups is 1. The Morgan fingerprint density at radius 3 is 2.73 bits per heavy atom. The maximum absolute atomic E-state index is 12.4. The van der Waals surface area contributed by atoms with Gasteiger partial charge in [-0.3, -0.25) is 15.0 Å². The molecule has 0 bridgehead atoms. The van der Waals surface area contributed by atoms with Crippen LogP contribution in [0.25, 0.3) is 10.2 Å². The van der Waals surface area contributed by atoms with Crippen LogP contribution in [0.3, 0.4) is 0 Å². The maximum Gasteiger partial charge on any atom is 0.321 e. The minimum atomic E-state index is -0.417. The van der Waals surface area contributed by atoms with Gasteiger partial charge in [0.25, 0.3) is 0 Å². The number of hydrogen-bond donors (Lipinski definition) is 2. The van der Waals surface area contributed by atoms with Crippen molar-refractivity contribution in [1.82, 2.24) is 20.5 Å². The third-order valence-corrected chi connectivity index (χ3v) is 5.96. The van der Waals surface area contributed by atoms with Crippen molar-refractivity contribution in [3.63, 3.8) is 0 Å². The van der Waals surface area contributed by atoms with Gasteiger partial charge >= 0.3 is 6.03 Å². The molecule has 1 aromatic heterocycles. The Bertz CT molecular complexity index is 737. The van der Waals surface area contributed by atoms with Crippen molar-refractivity contribution in [3.05, 3.63) is 29.3 Å². The van der Waals surface area contributed by atoms with E-state index < -0.39 is 6.04 Å². The molecule has 3 amide bonds.